The van der Waals surface area contributed by atoms with Crippen molar-refractivity contribution in [2.45, 2.75) is 39.0 Å². The molecule has 1 aliphatic carbocycles. The number of carboxylic acid groups (broad SMARTS) is 1. The van der Waals surface area contributed by atoms with E-state index in [-0.39, 0.29) is 5.92 Å². The molecular formula is C16H30N2O2. The second kappa shape index (κ2) is 9.14. The number of likely N-dealkylation sites (N-methyl/N-ethyl adjacent to an activating group) is 1. The van der Waals surface area contributed by atoms with E-state index < -0.39 is 5.97 Å². The quantitative estimate of drug-likeness (QED) is 0.660. The highest BCUT2D eigenvalue weighted by Gasteiger charge is 2.16. The van der Waals surface area contributed by atoms with Crippen molar-refractivity contribution in [3.63, 3.8) is 0 Å². The standard InChI is InChI=1S/C16H30N2O2/c1-14(16(19)20)13-18(12-11-17(2)3)10-9-15-7-5-4-6-8-15/h7,14H,4-6,8-13H2,1-3H3,(H,19,20). The van der Waals surface area contributed by atoms with Gasteiger partial charge in [-0.05, 0) is 46.2 Å². The molecule has 1 rings (SSSR count). The summed E-state index contributed by atoms with van der Waals surface area (Å²) in [6.45, 7) is 5.35. The normalized spacial score (nSPS) is 17.4. The van der Waals surface area contributed by atoms with Gasteiger partial charge in [-0.3, -0.25) is 4.79 Å². The molecule has 1 unspecified atom stereocenters. The minimum atomic E-state index is -0.697. The van der Waals surface area contributed by atoms with Crippen LogP contribution in [0.2, 0.25) is 0 Å². The molecule has 0 saturated heterocycles. The molecule has 20 heavy (non-hydrogen) atoms. The Bertz CT molecular complexity index is 326. The number of allylic oxidation sites excluding steroid dienone is 1. The molecule has 0 spiro atoms. The number of nitrogens with zero attached hydrogens (tertiary/aromatic N) is 2. The lowest BCUT2D eigenvalue weighted by molar-refractivity contribution is -0.141. The summed E-state index contributed by atoms with van der Waals surface area (Å²) in [5.74, 6) is -0.991. The third-order valence-corrected chi connectivity index (χ3v) is 3.95. The lowest BCUT2D eigenvalue weighted by Gasteiger charge is -2.26. The van der Waals surface area contributed by atoms with Gasteiger partial charge in [0.1, 0.15) is 0 Å². The van der Waals surface area contributed by atoms with Crippen molar-refractivity contribution in [2.75, 3.05) is 40.3 Å². The maximum absolute atomic E-state index is 11.0. The van der Waals surface area contributed by atoms with E-state index >= 15 is 0 Å². The molecule has 1 atom stereocenters. The van der Waals surface area contributed by atoms with Crippen LogP contribution in [0, 0.1) is 5.92 Å². The molecule has 0 amide bonds. The summed E-state index contributed by atoms with van der Waals surface area (Å²) in [5, 5.41) is 9.08. The number of carboxylic acids is 1. The van der Waals surface area contributed by atoms with E-state index in [1.165, 1.54) is 25.7 Å². The van der Waals surface area contributed by atoms with Crippen LogP contribution in [-0.4, -0.2) is 61.2 Å². The molecular weight excluding hydrogens is 252 g/mol. The van der Waals surface area contributed by atoms with E-state index in [9.17, 15) is 4.79 Å². The van der Waals surface area contributed by atoms with Crippen LogP contribution in [0.15, 0.2) is 11.6 Å². The van der Waals surface area contributed by atoms with Crippen LogP contribution in [0.1, 0.15) is 39.0 Å². The van der Waals surface area contributed by atoms with Crippen molar-refractivity contribution >= 4 is 5.97 Å². The molecule has 0 aliphatic heterocycles. The Kier molecular flexibility index (Phi) is 7.85. The van der Waals surface area contributed by atoms with Gasteiger partial charge in [-0.2, -0.15) is 0 Å². The number of rotatable bonds is 9. The maximum atomic E-state index is 11.0. The van der Waals surface area contributed by atoms with Crippen molar-refractivity contribution in [2.24, 2.45) is 5.92 Å². The van der Waals surface area contributed by atoms with Crippen LogP contribution in [0.25, 0.3) is 0 Å². The van der Waals surface area contributed by atoms with Gasteiger partial charge in [0, 0.05) is 26.2 Å². The van der Waals surface area contributed by atoms with E-state index in [0.717, 1.165) is 26.1 Å². The van der Waals surface area contributed by atoms with Crippen LogP contribution in [0.4, 0.5) is 0 Å². The topological polar surface area (TPSA) is 43.8 Å². The average Bonchev–Trinajstić information content (AvgIpc) is 2.42. The summed E-state index contributed by atoms with van der Waals surface area (Å²) in [5.41, 5.74) is 1.56. The highest BCUT2D eigenvalue weighted by molar-refractivity contribution is 5.69. The van der Waals surface area contributed by atoms with E-state index in [0.29, 0.717) is 6.54 Å². The first-order valence-electron chi connectivity index (χ1n) is 7.77. The summed E-state index contributed by atoms with van der Waals surface area (Å²) < 4.78 is 0. The predicted molar refractivity (Wildman–Crippen MR) is 83.0 cm³/mol. The number of carbonyl (C=O) groups is 1. The fourth-order valence-electron chi connectivity index (χ4n) is 2.53. The molecule has 0 aromatic heterocycles. The predicted octanol–water partition coefficient (Wildman–Crippen LogP) is 2.46. The molecule has 0 aromatic rings. The fraction of sp³-hybridized carbons (Fsp3) is 0.812. The largest absolute Gasteiger partial charge is 0.481 e. The summed E-state index contributed by atoms with van der Waals surface area (Å²) in [6, 6.07) is 0. The van der Waals surface area contributed by atoms with E-state index in [2.05, 4.69) is 30.0 Å². The first-order valence-corrected chi connectivity index (χ1v) is 7.77. The first kappa shape index (κ1) is 17.2. The number of hydrogen-bond donors (Lipinski definition) is 1. The third-order valence-electron chi connectivity index (χ3n) is 3.95. The van der Waals surface area contributed by atoms with Gasteiger partial charge < -0.3 is 14.9 Å². The molecule has 4 heteroatoms. The Hall–Kier alpha value is -0.870. The molecule has 0 saturated carbocycles. The average molecular weight is 282 g/mol. The van der Waals surface area contributed by atoms with Gasteiger partial charge in [0.15, 0.2) is 0 Å². The monoisotopic (exact) mass is 282 g/mol. The van der Waals surface area contributed by atoms with Crippen LogP contribution in [0.5, 0.6) is 0 Å². The van der Waals surface area contributed by atoms with E-state index in [1.807, 2.05) is 0 Å². The van der Waals surface area contributed by atoms with Crippen molar-refractivity contribution in [3.8, 4) is 0 Å². The SMILES string of the molecule is CC(CN(CCC1=CCCCC1)CCN(C)C)C(=O)O. The molecule has 116 valence electrons. The molecule has 0 aromatic carbocycles. The Morgan fingerprint density at radius 3 is 2.60 bits per heavy atom. The van der Waals surface area contributed by atoms with Crippen LogP contribution >= 0.6 is 0 Å². The van der Waals surface area contributed by atoms with Crippen LogP contribution in [0.3, 0.4) is 0 Å². The Morgan fingerprint density at radius 1 is 1.30 bits per heavy atom. The third kappa shape index (κ3) is 7.06. The van der Waals surface area contributed by atoms with Gasteiger partial charge in [-0.15, -0.1) is 0 Å². The summed E-state index contributed by atoms with van der Waals surface area (Å²) in [6.07, 6.45) is 8.57. The van der Waals surface area contributed by atoms with Gasteiger partial charge in [0.05, 0.1) is 5.92 Å². The lowest BCUT2D eigenvalue weighted by Crippen LogP contribution is -2.37. The van der Waals surface area contributed by atoms with E-state index in [1.54, 1.807) is 12.5 Å². The fourth-order valence-corrected chi connectivity index (χ4v) is 2.53. The van der Waals surface area contributed by atoms with Gasteiger partial charge in [0.25, 0.3) is 0 Å². The second-order valence-corrected chi connectivity index (χ2v) is 6.20. The summed E-state index contributed by atoms with van der Waals surface area (Å²) >= 11 is 0. The molecule has 1 aliphatic rings. The van der Waals surface area contributed by atoms with Crippen molar-refractivity contribution in [1.82, 2.24) is 9.80 Å². The Balaban J connectivity index is 2.43. The smallest absolute Gasteiger partial charge is 0.307 e. The van der Waals surface area contributed by atoms with E-state index in [4.69, 9.17) is 5.11 Å². The maximum Gasteiger partial charge on any atom is 0.307 e. The molecule has 4 nitrogen and oxygen atoms in total. The first-order chi connectivity index (χ1) is 9.49. The van der Waals surface area contributed by atoms with Gasteiger partial charge in [-0.1, -0.05) is 18.6 Å². The molecule has 1 N–H and O–H groups in total. The molecule has 0 heterocycles. The van der Waals surface area contributed by atoms with Crippen molar-refractivity contribution in [3.05, 3.63) is 11.6 Å². The second-order valence-electron chi connectivity index (χ2n) is 6.20. The summed E-state index contributed by atoms with van der Waals surface area (Å²) in [4.78, 5) is 15.5. The Morgan fingerprint density at radius 2 is 2.05 bits per heavy atom. The molecule has 0 radical (unpaired) electrons. The van der Waals surface area contributed by atoms with Gasteiger partial charge in [-0.25, -0.2) is 0 Å². The number of hydrogen-bond acceptors (Lipinski definition) is 3. The van der Waals surface area contributed by atoms with Crippen molar-refractivity contribution < 1.29 is 9.90 Å². The zero-order valence-electron chi connectivity index (χ0n) is 13.3. The zero-order valence-corrected chi connectivity index (χ0v) is 13.3. The summed E-state index contributed by atoms with van der Waals surface area (Å²) in [7, 11) is 4.12. The minimum Gasteiger partial charge on any atom is -0.481 e. The van der Waals surface area contributed by atoms with Crippen molar-refractivity contribution in [1.29, 1.82) is 0 Å². The van der Waals surface area contributed by atoms with Gasteiger partial charge >= 0.3 is 5.97 Å². The Labute approximate surface area is 123 Å². The lowest BCUT2D eigenvalue weighted by atomic mass is 9.97. The molecule has 0 fully saturated rings. The van der Waals surface area contributed by atoms with Gasteiger partial charge in [0.2, 0.25) is 0 Å². The van der Waals surface area contributed by atoms with Crippen LogP contribution in [-0.2, 0) is 4.79 Å². The molecule has 0 bridgehead atoms. The minimum absolute atomic E-state index is 0.294. The highest BCUT2D eigenvalue weighted by Crippen LogP contribution is 2.20. The van der Waals surface area contributed by atoms with Crippen LogP contribution < -0.4 is 0 Å². The highest BCUT2D eigenvalue weighted by atomic mass is 16.4. The number of aliphatic carboxylic acids is 1. The zero-order chi connectivity index (χ0) is 15.0.